The fourth-order valence-corrected chi connectivity index (χ4v) is 1.58. The monoisotopic (exact) mass is 336 g/mol. The summed E-state index contributed by atoms with van der Waals surface area (Å²) in [6, 6.07) is 0. The van der Waals surface area contributed by atoms with Crippen LogP contribution in [-0.2, 0) is 14.3 Å². The molecule has 0 aromatic carbocycles. The molecule has 4 heteroatoms. The number of rotatable bonds is 7. The van der Waals surface area contributed by atoms with E-state index in [2.05, 4.69) is 46.7 Å². The number of carbonyl (C=O) groups excluding carboxylic acids is 1. The Balaban J connectivity index is -0.000000307. The molecule has 0 aliphatic heterocycles. The average molecular weight is 337 g/mol. The van der Waals surface area contributed by atoms with Crippen LogP contribution < -0.4 is 0 Å². The molecule has 0 aromatic heterocycles. The van der Waals surface area contributed by atoms with Gasteiger partial charge in [-0.2, -0.15) is 0 Å². The minimum absolute atomic E-state index is 0.431. The predicted octanol–water partition coefficient (Wildman–Crippen LogP) is 4.86. The second kappa shape index (κ2) is 22.6. The average Bonchev–Trinajstić information content (AvgIpc) is 2.40. The highest BCUT2D eigenvalue weighted by atomic mass is 79.9. The third kappa shape index (κ3) is 26.8. The molecule has 0 rings (SSSR count). The fourth-order valence-electron chi connectivity index (χ4n) is 0.862. The lowest BCUT2D eigenvalue weighted by Gasteiger charge is -2.00. The van der Waals surface area contributed by atoms with Crippen molar-refractivity contribution in [2.24, 2.45) is 0 Å². The maximum atomic E-state index is 9.18. The molecule has 0 N–H and O–H groups in total. The Labute approximate surface area is 127 Å². The standard InChI is InChI=1S/C10H17BrO.C3H6O2.C2H6/c1-4-6-10(11)7-9(3)8-12-5-2;1-2-5-3-4;1-2/h6-7H,4-5,8H2,1-3H3;3H,2H2,1H3;1-2H3/b9-7-,10-6+;;. The molecule has 0 fully saturated rings. The van der Waals surface area contributed by atoms with Crippen LogP contribution in [-0.4, -0.2) is 26.3 Å². The van der Waals surface area contributed by atoms with Gasteiger partial charge in [0.15, 0.2) is 0 Å². The summed E-state index contributed by atoms with van der Waals surface area (Å²) in [5.74, 6) is 0. The summed E-state index contributed by atoms with van der Waals surface area (Å²) in [5.41, 5.74) is 1.24. The molecule has 0 radical (unpaired) electrons. The van der Waals surface area contributed by atoms with Crippen molar-refractivity contribution in [1.29, 1.82) is 0 Å². The maximum Gasteiger partial charge on any atom is 0.293 e. The van der Waals surface area contributed by atoms with Crippen LogP contribution in [0.1, 0.15) is 48.0 Å². The van der Waals surface area contributed by atoms with Crippen LogP contribution in [0.5, 0.6) is 0 Å². The Bertz CT molecular complexity index is 236. The molecule has 114 valence electrons. The van der Waals surface area contributed by atoms with E-state index >= 15 is 0 Å². The van der Waals surface area contributed by atoms with E-state index < -0.39 is 0 Å². The van der Waals surface area contributed by atoms with E-state index in [0.717, 1.165) is 24.1 Å². The first-order valence-electron chi connectivity index (χ1n) is 6.78. The Morgan fingerprint density at radius 3 is 2.05 bits per heavy atom. The van der Waals surface area contributed by atoms with Crippen molar-refractivity contribution < 1.29 is 14.3 Å². The minimum atomic E-state index is 0.431. The number of carbonyl (C=O) groups is 1. The Kier molecular flexibility index (Phi) is 27.9. The second-order valence-corrected chi connectivity index (χ2v) is 4.09. The lowest BCUT2D eigenvalue weighted by Crippen LogP contribution is -1.94. The van der Waals surface area contributed by atoms with E-state index in [1.54, 1.807) is 6.92 Å². The summed E-state index contributed by atoms with van der Waals surface area (Å²) in [7, 11) is 0. The van der Waals surface area contributed by atoms with Gasteiger partial charge in [0.05, 0.1) is 13.2 Å². The van der Waals surface area contributed by atoms with Gasteiger partial charge in [-0.25, -0.2) is 0 Å². The van der Waals surface area contributed by atoms with Gasteiger partial charge in [0.1, 0.15) is 0 Å². The number of hydrogen-bond acceptors (Lipinski definition) is 3. The van der Waals surface area contributed by atoms with Crippen LogP contribution in [0.2, 0.25) is 0 Å². The van der Waals surface area contributed by atoms with Crippen molar-refractivity contribution >= 4 is 22.4 Å². The SMILES string of the molecule is CC.CC/C=C(Br)\C=C(\C)COCC.CCOC=O. The molecule has 0 saturated heterocycles. The quantitative estimate of drug-likeness (QED) is 0.491. The van der Waals surface area contributed by atoms with Gasteiger partial charge in [-0.05, 0) is 38.8 Å². The summed E-state index contributed by atoms with van der Waals surface area (Å²) >= 11 is 3.46. The van der Waals surface area contributed by atoms with E-state index in [9.17, 15) is 4.79 Å². The summed E-state index contributed by atoms with van der Waals surface area (Å²) in [5, 5.41) is 0. The highest BCUT2D eigenvalue weighted by Gasteiger charge is 1.90. The molecule has 0 saturated carbocycles. The molecule has 0 atom stereocenters. The highest BCUT2D eigenvalue weighted by Crippen LogP contribution is 2.10. The zero-order valence-corrected chi connectivity index (χ0v) is 14.7. The molecule has 0 aliphatic rings. The lowest BCUT2D eigenvalue weighted by atomic mass is 10.3. The largest absolute Gasteiger partial charge is 0.468 e. The van der Waals surface area contributed by atoms with Crippen molar-refractivity contribution in [2.75, 3.05) is 19.8 Å². The number of allylic oxidation sites excluding steroid dienone is 3. The molecule has 0 bridgehead atoms. The van der Waals surface area contributed by atoms with Gasteiger partial charge in [0.25, 0.3) is 6.47 Å². The normalized spacial score (nSPS) is 10.7. The van der Waals surface area contributed by atoms with Gasteiger partial charge in [-0.15, -0.1) is 0 Å². The summed E-state index contributed by atoms with van der Waals surface area (Å²) in [6.45, 7) is 14.4. The molecular formula is C15H29BrO3. The molecule has 0 spiro atoms. The topological polar surface area (TPSA) is 35.5 Å². The predicted molar refractivity (Wildman–Crippen MR) is 86.6 cm³/mol. The van der Waals surface area contributed by atoms with Crippen LogP contribution >= 0.6 is 15.9 Å². The van der Waals surface area contributed by atoms with E-state index in [0.29, 0.717) is 13.1 Å². The summed E-state index contributed by atoms with van der Waals surface area (Å²) in [4.78, 5) is 9.18. The van der Waals surface area contributed by atoms with Gasteiger partial charge >= 0.3 is 0 Å². The number of hydrogen-bond donors (Lipinski definition) is 0. The first-order chi connectivity index (χ1) is 9.12. The maximum absolute atomic E-state index is 9.18. The van der Waals surface area contributed by atoms with Crippen molar-refractivity contribution in [1.82, 2.24) is 0 Å². The molecule has 3 nitrogen and oxygen atoms in total. The van der Waals surface area contributed by atoms with Crippen LogP contribution in [0.15, 0.2) is 22.2 Å². The molecule has 0 unspecified atom stereocenters. The van der Waals surface area contributed by atoms with Crippen molar-refractivity contribution in [3.05, 3.63) is 22.2 Å². The second-order valence-electron chi connectivity index (χ2n) is 3.18. The number of ether oxygens (including phenoxy) is 2. The fraction of sp³-hybridized carbons (Fsp3) is 0.667. The van der Waals surface area contributed by atoms with E-state index in [1.165, 1.54) is 5.57 Å². The van der Waals surface area contributed by atoms with E-state index in [4.69, 9.17) is 4.74 Å². The smallest absolute Gasteiger partial charge is 0.293 e. The first-order valence-corrected chi connectivity index (χ1v) is 7.57. The molecule has 0 aromatic rings. The van der Waals surface area contributed by atoms with Crippen molar-refractivity contribution in [3.8, 4) is 0 Å². The van der Waals surface area contributed by atoms with E-state index in [1.807, 2.05) is 20.8 Å². The molecule has 0 heterocycles. The number of halogens is 1. The zero-order valence-electron chi connectivity index (χ0n) is 13.2. The summed E-state index contributed by atoms with van der Waals surface area (Å²) in [6.07, 6.45) is 5.29. The lowest BCUT2D eigenvalue weighted by molar-refractivity contribution is -0.128. The van der Waals surface area contributed by atoms with Gasteiger partial charge in [-0.1, -0.05) is 42.8 Å². The summed E-state index contributed by atoms with van der Waals surface area (Å²) < 4.78 is 10.6. The van der Waals surface area contributed by atoms with Crippen molar-refractivity contribution in [3.63, 3.8) is 0 Å². The van der Waals surface area contributed by atoms with Gasteiger partial charge in [-0.3, -0.25) is 4.79 Å². The third-order valence-corrected chi connectivity index (χ3v) is 2.10. The van der Waals surface area contributed by atoms with E-state index in [-0.39, 0.29) is 0 Å². The Morgan fingerprint density at radius 2 is 1.74 bits per heavy atom. The molecule has 0 amide bonds. The zero-order chi connectivity index (χ0) is 15.5. The molecular weight excluding hydrogens is 308 g/mol. The van der Waals surface area contributed by atoms with Crippen LogP contribution in [0.4, 0.5) is 0 Å². The highest BCUT2D eigenvalue weighted by molar-refractivity contribution is 9.11. The first kappa shape index (κ1) is 23.5. The van der Waals surface area contributed by atoms with Gasteiger partial charge < -0.3 is 9.47 Å². The molecule has 0 aliphatic carbocycles. The van der Waals surface area contributed by atoms with Crippen LogP contribution in [0, 0.1) is 0 Å². The Morgan fingerprint density at radius 1 is 1.16 bits per heavy atom. The molecule has 19 heavy (non-hydrogen) atoms. The van der Waals surface area contributed by atoms with Crippen LogP contribution in [0.3, 0.4) is 0 Å². The Hall–Kier alpha value is -0.610. The van der Waals surface area contributed by atoms with Gasteiger partial charge in [0.2, 0.25) is 0 Å². The van der Waals surface area contributed by atoms with Crippen LogP contribution in [0.25, 0.3) is 0 Å². The minimum Gasteiger partial charge on any atom is -0.468 e. The third-order valence-electron chi connectivity index (χ3n) is 1.55. The van der Waals surface area contributed by atoms with Crippen molar-refractivity contribution in [2.45, 2.75) is 48.0 Å². The van der Waals surface area contributed by atoms with Gasteiger partial charge in [0, 0.05) is 11.1 Å².